The van der Waals surface area contributed by atoms with Crippen molar-refractivity contribution in [2.75, 3.05) is 0 Å². The van der Waals surface area contributed by atoms with Gasteiger partial charge in [-0.1, -0.05) is 25.7 Å². The Hall–Kier alpha value is -1.85. The Kier molecular flexibility index (Phi) is 5.79. The van der Waals surface area contributed by atoms with Crippen LogP contribution in [0.4, 0.5) is 4.79 Å². The minimum Gasteiger partial charge on any atom is -0.335 e. The lowest BCUT2D eigenvalue weighted by atomic mass is 9.91. The van der Waals surface area contributed by atoms with Crippen molar-refractivity contribution in [3.63, 3.8) is 0 Å². The standard InChI is InChI=1S/C21H32N4O2/c26-20-14-13-19(15-7-8-15)24-25(20)18-11-9-17(10-12-18)23-21(27)22-16-5-3-1-2-4-6-16/h13-18H,1-12H2,(H2,22,23,27). The molecular weight excluding hydrogens is 340 g/mol. The molecule has 3 aliphatic carbocycles. The van der Waals surface area contributed by atoms with Gasteiger partial charge in [0.05, 0.1) is 11.7 Å². The summed E-state index contributed by atoms with van der Waals surface area (Å²) >= 11 is 0. The zero-order valence-corrected chi connectivity index (χ0v) is 16.2. The van der Waals surface area contributed by atoms with Gasteiger partial charge >= 0.3 is 6.03 Å². The van der Waals surface area contributed by atoms with Crippen LogP contribution in [0.5, 0.6) is 0 Å². The van der Waals surface area contributed by atoms with Gasteiger partial charge in [-0.15, -0.1) is 0 Å². The lowest BCUT2D eigenvalue weighted by Crippen LogP contribution is -2.47. The van der Waals surface area contributed by atoms with Crippen molar-refractivity contribution in [3.05, 3.63) is 28.2 Å². The minimum atomic E-state index is -0.0172. The predicted octanol–water partition coefficient (Wildman–Crippen LogP) is 3.63. The Balaban J connectivity index is 1.27. The highest BCUT2D eigenvalue weighted by atomic mass is 16.2. The molecule has 6 heteroatoms. The molecule has 1 aromatic rings. The van der Waals surface area contributed by atoms with Crippen molar-refractivity contribution >= 4 is 6.03 Å². The number of hydrogen-bond acceptors (Lipinski definition) is 3. The van der Waals surface area contributed by atoms with Crippen LogP contribution in [-0.4, -0.2) is 27.9 Å². The summed E-state index contributed by atoms with van der Waals surface area (Å²) in [5, 5.41) is 11.0. The van der Waals surface area contributed by atoms with Gasteiger partial charge in [0, 0.05) is 24.1 Å². The smallest absolute Gasteiger partial charge is 0.315 e. The van der Waals surface area contributed by atoms with Gasteiger partial charge in [0.2, 0.25) is 0 Å². The van der Waals surface area contributed by atoms with Gasteiger partial charge in [-0.2, -0.15) is 5.10 Å². The molecular formula is C21H32N4O2. The van der Waals surface area contributed by atoms with Crippen molar-refractivity contribution in [3.8, 4) is 0 Å². The van der Waals surface area contributed by atoms with Crippen LogP contribution in [0.25, 0.3) is 0 Å². The van der Waals surface area contributed by atoms with E-state index in [0.717, 1.165) is 44.2 Å². The van der Waals surface area contributed by atoms with Crippen molar-refractivity contribution in [2.45, 2.75) is 101 Å². The van der Waals surface area contributed by atoms with Crippen LogP contribution in [-0.2, 0) is 0 Å². The molecule has 3 aliphatic rings. The highest BCUT2D eigenvalue weighted by molar-refractivity contribution is 5.74. The molecule has 2 N–H and O–H groups in total. The molecule has 1 aromatic heterocycles. The molecule has 0 aromatic carbocycles. The third-order valence-corrected chi connectivity index (χ3v) is 6.41. The first-order chi connectivity index (χ1) is 13.2. The van der Waals surface area contributed by atoms with Crippen LogP contribution in [0.1, 0.15) is 94.7 Å². The zero-order chi connectivity index (χ0) is 18.6. The van der Waals surface area contributed by atoms with Crippen LogP contribution in [0, 0.1) is 0 Å². The summed E-state index contributed by atoms with van der Waals surface area (Å²) in [5.41, 5.74) is 1.07. The van der Waals surface area contributed by atoms with Gasteiger partial charge in [-0.05, 0) is 57.4 Å². The number of nitrogens with zero attached hydrogens (tertiary/aromatic N) is 2. The monoisotopic (exact) mass is 372 g/mol. The highest BCUT2D eigenvalue weighted by Crippen LogP contribution is 2.38. The van der Waals surface area contributed by atoms with E-state index < -0.39 is 0 Å². The first kappa shape index (κ1) is 18.5. The summed E-state index contributed by atoms with van der Waals surface area (Å²) in [6.45, 7) is 0. The molecule has 27 heavy (non-hydrogen) atoms. The van der Waals surface area contributed by atoms with Gasteiger partial charge in [0.25, 0.3) is 5.56 Å². The van der Waals surface area contributed by atoms with E-state index >= 15 is 0 Å². The molecule has 0 spiro atoms. The van der Waals surface area contributed by atoms with Crippen molar-refractivity contribution < 1.29 is 4.79 Å². The summed E-state index contributed by atoms with van der Waals surface area (Å²) in [4.78, 5) is 24.6. The van der Waals surface area contributed by atoms with Gasteiger partial charge in [0.1, 0.15) is 0 Å². The van der Waals surface area contributed by atoms with Crippen LogP contribution in [0.3, 0.4) is 0 Å². The predicted molar refractivity (Wildman–Crippen MR) is 105 cm³/mol. The molecule has 1 heterocycles. The first-order valence-corrected chi connectivity index (χ1v) is 10.9. The van der Waals surface area contributed by atoms with Crippen molar-refractivity contribution in [1.29, 1.82) is 0 Å². The topological polar surface area (TPSA) is 76.0 Å². The Morgan fingerprint density at radius 3 is 2.11 bits per heavy atom. The highest BCUT2D eigenvalue weighted by Gasteiger charge is 2.28. The summed E-state index contributed by atoms with van der Waals surface area (Å²) in [7, 11) is 0. The number of rotatable bonds is 4. The van der Waals surface area contributed by atoms with E-state index in [1.807, 2.05) is 6.07 Å². The van der Waals surface area contributed by atoms with E-state index in [-0.39, 0.29) is 23.7 Å². The number of aromatic nitrogens is 2. The van der Waals surface area contributed by atoms with Crippen molar-refractivity contribution in [1.82, 2.24) is 20.4 Å². The molecule has 0 aliphatic heterocycles. The van der Waals surface area contributed by atoms with Gasteiger partial charge in [0.15, 0.2) is 0 Å². The van der Waals surface area contributed by atoms with Gasteiger partial charge in [-0.25, -0.2) is 9.48 Å². The van der Waals surface area contributed by atoms with E-state index in [2.05, 4.69) is 15.7 Å². The van der Waals surface area contributed by atoms with E-state index in [9.17, 15) is 9.59 Å². The fraction of sp³-hybridized carbons (Fsp3) is 0.762. The van der Waals surface area contributed by atoms with E-state index in [0.29, 0.717) is 12.0 Å². The Morgan fingerprint density at radius 2 is 1.48 bits per heavy atom. The minimum absolute atomic E-state index is 0.00177. The van der Waals surface area contributed by atoms with Gasteiger partial charge < -0.3 is 10.6 Å². The van der Waals surface area contributed by atoms with Crippen LogP contribution >= 0.6 is 0 Å². The second kappa shape index (κ2) is 8.44. The first-order valence-electron chi connectivity index (χ1n) is 10.9. The summed E-state index contributed by atoms with van der Waals surface area (Å²) < 4.78 is 1.70. The molecule has 3 saturated carbocycles. The Labute approximate surface area is 161 Å². The second-order valence-electron chi connectivity index (χ2n) is 8.63. The lowest BCUT2D eigenvalue weighted by molar-refractivity contribution is 0.219. The maximum Gasteiger partial charge on any atom is 0.315 e. The van der Waals surface area contributed by atoms with Crippen LogP contribution in [0.15, 0.2) is 16.9 Å². The Bertz CT molecular complexity index is 696. The maximum atomic E-state index is 12.3. The SMILES string of the molecule is O=C(NC1CCCCCC1)NC1CCC(n2nc(C3CC3)ccc2=O)CC1. The molecule has 0 atom stereocenters. The number of urea groups is 1. The van der Waals surface area contributed by atoms with Crippen LogP contribution < -0.4 is 16.2 Å². The lowest BCUT2D eigenvalue weighted by Gasteiger charge is -2.30. The van der Waals surface area contributed by atoms with Crippen LogP contribution in [0.2, 0.25) is 0 Å². The summed E-state index contributed by atoms with van der Waals surface area (Å²) in [6.07, 6.45) is 13.2. The zero-order valence-electron chi connectivity index (χ0n) is 16.2. The summed E-state index contributed by atoms with van der Waals surface area (Å²) in [6, 6.07) is 4.24. The fourth-order valence-corrected chi connectivity index (χ4v) is 4.60. The molecule has 148 valence electrons. The number of nitrogens with one attached hydrogen (secondary N) is 2. The number of carbonyl (C=O) groups excluding carboxylic acids is 1. The van der Waals surface area contributed by atoms with Gasteiger partial charge in [-0.3, -0.25) is 4.79 Å². The molecule has 4 rings (SSSR count). The molecule has 6 nitrogen and oxygen atoms in total. The Morgan fingerprint density at radius 1 is 0.852 bits per heavy atom. The van der Waals surface area contributed by atoms with Crippen molar-refractivity contribution in [2.24, 2.45) is 0 Å². The molecule has 0 saturated heterocycles. The molecule has 0 bridgehead atoms. The number of amides is 2. The summed E-state index contributed by atoms with van der Waals surface area (Å²) in [5.74, 6) is 0.558. The quantitative estimate of drug-likeness (QED) is 0.793. The molecule has 3 fully saturated rings. The maximum absolute atomic E-state index is 12.3. The van der Waals surface area contributed by atoms with E-state index in [1.54, 1.807) is 10.7 Å². The number of carbonyl (C=O) groups is 1. The fourth-order valence-electron chi connectivity index (χ4n) is 4.60. The average Bonchev–Trinajstić information content (AvgIpc) is 3.51. The largest absolute Gasteiger partial charge is 0.335 e. The molecule has 2 amide bonds. The molecule has 0 radical (unpaired) electrons. The second-order valence-corrected chi connectivity index (χ2v) is 8.63. The number of hydrogen-bond donors (Lipinski definition) is 2. The molecule has 0 unspecified atom stereocenters. The third-order valence-electron chi connectivity index (χ3n) is 6.41. The van der Waals surface area contributed by atoms with E-state index in [4.69, 9.17) is 0 Å². The third kappa shape index (κ3) is 4.90. The average molecular weight is 373 g/mol. The van der Waals surface area contributed by atoms with E-state index in [1.165, 1.54) is 38.5 Å². The normalized spacial score (nSPS) is 27.0.